The van der Waals surface area contributed by atoms with E-state index in [-0.39, 0.29) is 27.4 Å². The fourth-order valence-electron chi connectivity index (χ4n) is 2.28. The maximum Gasteiger partial charge on any atom is 0.240 e. The van der Waals surface area contributed by atoms with Gasteiger partial charge in [0.1, 0.15) is 6.07 Å². The van der Waals surface area contributed by atoms with Gasteiger partial charge < -0.3 is 0 Å². The summed E-state index contributed by atoms with van der Waals surface area (Å²) in [7, 11) is -3.73. The van der Waals surface area contributed by atoms with Gasteiger partial charge in [-0.05, 0) is 31.0 Å². The van der Waals surface area contributed by atoms with Crippen LogP contribution in [0.15, 0.2) is 23.1 Å². The van der Waals surface area contributed by atoms with E-state index in [0.29, 0.717) is 12.8 Å². The minimum absolute atomic E-state index is 0.00471. The fourth-order valence-corrected chi connectivity index (χ4v) is 3.90. The van der Waals surface area contributed by atoms with E-state index in [1.807, 2.05) is 6.07 Å². The second-order valence-electron chi connectivity index (χ2n) is 4.65. The van der Waals surface area contributed by atoms with Crippen LogP contribution in [-0.4, -0.2) is 14.5 Å². The first-order valence-electron chi connectivity index (χ1n) is 6.09. The summed E-state index contributed by atoms with van der Waals surface area (Å²) in [5.74, 6) is -0.293. The Bertz CT molecular complexity index is 703. The van der Waals surface area contributed by atoms with Crippen LogP contribution in [0.3, 0.4) is 0 Å². The molecule has 1 aromatic rings. The number of sulfonamides is 1. The highest BCUT2D eigenvalue weighted by Crippen LogP contribution is 2.27. The first-order valence-corrected chi connectivity index (χ1v) is 7.95. The Hall–Kier alpha value is -1.60. The Kier molecular flexibility index (Phi) is 4.29. The molecule has 0 spiro atoms. The lowest BCUT2D eigenvalue weighted by molar-refractivity contribution is 0.515. The fraction of sp³-hybridized carbons (Fsp3) is 0.385. The van der Waals surface area contributed by atoms with Crippen molar-refractivity contribution in [1.29, 1.82) is 10.5 Å². The zero-order valence-electron chi connectivity index (χ0n) is 10.5. The van der Waals surface area contributed by atoms with E-state index < -0.39 is 10.0 Å². The Morgan fingerprint density at radius 2 is 2.05 bits per heavy atom. The van der Waals surface area contributed by atoms with Crippen molar-refractivity contribution in [2.75, 3.05) is 0 Å². The van der Waals surface area contributed by atoms with Gasteiger partial charge in [0.15, 0.2) is 0 Å². The van der Waals surface area contributed by atoms with Crippen molar-refractivity contribution >= 4 is 21.6 Å². The minimum atomic E-state index is -3.73. The van der Waals surface area contributed by atoms with Crippen molar-refractivity contribution in [2.45, 2.75) is 30.2 Å². The van der Waals surface area contributed by atoms with Crippen LogP contribution in [-0.2, 0) is 10.0 Å². The van der Waals surface area contributed by atoms with Gasteiger partial charge in [0.25, 0.3) is 0 Å². The average Bonchev–Trinajstić information content (AvgIpc) is 2.85. The molecule has 7 heteroatoms. The third-order valence-corrected chi connectivity index (χ3v) is 5.16. The minimum Gasteiger partial charge on any atom is -0.207 e. The zero-order valence-corrected chi connectivity index (χ0v) is 12.1. The molecular weight excluding hydrogens is 298 g/mol. The van der Waals surface area contributed by atoms with E-state index in [1.165, 1.54) is 18.2 Å². The molecule has 0 bridgehead atoms. The molecule has 1 fully saturated rings. The summed E-state index contributed by atoms with van der Waals surface area (Å²) in [5.41, 5.74) is 0.224. The molecule has 5 nitrogen and oxygen atoms in total. The molecule has 1 saturated carbocycles. The standard InChI is InChI=1S/C13H12ClN3O2S/c14-12-6-11(5-4-9(12)7-15)20(18,19)17-13-3-1-2-10(13)8-16/h4-6,10,13,17H,1-3H2. The van der Waals surface area contributed by atoms with E-state index in [0.717, 1.165) is 6.42 Å². The number of hydrogen-bond donors (Lipinski definition) is 1. The number of nitriles is 2. The molecule has 104 valence electrons. The highest BCUT2D eigenvalue weighted by Gasteiger charge is 2.31. The number of halogens is 1. The Morgan fingerprint density at radius 1 is 1.30 bits per heavy atom. The molecule has 2 unspecified atom stereocenters. The van der Waals surface area contributed by atoms with Crippen LogP contribution in [0.1, 0.15) is 24.8 Å². The number of benzene rings is 1. The highest BCUT2D eigenvalue weighted by molar-refractivity contribution is 7.89. The van der Waals surface area contributed by atoms with Crippen molar-refractivity contribution in [1.82, 2.24) is 4.72 Å². The van der Waals surface area contributed by atoms with E-state index in [4.69, 9.17) is 22.1 Å². The van der Waals surface area contributed by atoms with Crippen molar-refractivity contribution in [3.05, 3.63) is 28.8 Å². The van der Waals surface area contributed by atoms with Crippen LogP contribution in [0.4, 0.5) is 0 Å². The third-order valence-electron chi connectivity index (χ3n) is 3.36. The van der Waals surface area contributed by atoms with Crippen LogP contribution >= 0.6 is 11.6 Å². The van der Waals surface area contributed by atoms with Crippen molar-refractivity contribution in [3.63, 3.8) is 0 Å². The number of hydrogen-bond acceptors (Lipinski definition) is 4. The Labute approximate surface area is 122 Å². The molecule has 0 aromatic heterocycles. The second-order valence-corrected chi connectivity index (χ2v) is 6.77. The van der Waals surface area contributed by atoms with Crippen LogP contribution < -0.4 is 4.72 Å². The van der Waals surface area contributed by atoms with Gasteiger partial charge in [0, 0.05) is 6.04 Å². The van der Waals surface area contributed by atoms with E-state index >= 15 is 0 Å². The van der Waals surface area contributed by atoms with E-state index in [1.54, 1.807) is 0 Å². The lowest BCUT2D eigenvalue weighted by Crippen LogP contribution is -2.36. The molecule has 2 atom stereocenters. The van der Waals surface area contributed by atoms with Crippen LogP contribution in [0.5, 0.6) is 0 Å². The monoisotopic (exact) mass is 309 g/mol. The number of nitrogens with one attached hydrogen (secondary N) is 1. The molecular formula is C13H12ClN3O2S. The van der Waals surface area contributed by atoms with Crippen LogP contribution in [0.2, 0.25) is 5.02 Å². The molecule has 1 aliphatic carbocycles. The van der Waals surface area contributed by atoms with Gasteiger partial charge in [0.05, 0.1) is 27.5 Å². The molecule has 2 rings (SSSR count). The van der Waals surface area contributed by atoms with Crippen molar-refractivity contribution in [2.24, 2.45) is 5.92 Å². The molecule has 0 heterocycles. The molecule has 0 saturated heterocycles. The summed E-state index contributed by atoms with van der Waals surface area (Å²) < 4.78 is 27.0. The van der Waals surface area contributed by atoms with Gasteiger partial charge in [0.2, 0.25) is 10.0 Å². The van der Waals surface area contributed by atoms with Crippen molar-refractivity contribution in [3.8, 4) is 12.1 Å². The maximum absolute atomic E-state index is 12.2. The SMILES string of the molecule is N#Cc1ccc(S(=O)(=O)NC2CCCC2C#N)cc1Cl. The molecule has 1 aliphatic rings. The molecule has 1 N–H and O–H groups in total. The molecule has 0 amide bonds. The normalized spacial score (nSPS) is 22.1. The summed E-state index contributed by atoms with van der Waals surface area (Å²) in [6.07, 6.45) is 2.19. The van der Waals surface area contributed by atoms with E-state index in [9.17, 15) is 8.42 Å². The van der Waals surface area contributed by atoms with Gasteiger partial charge in [-0.1, -0.05) is 18.0 Å². The lowest BCUT2D eigenvalue weighted by atomic mass is 10.1. The largest absolute Gasteiger partial charge is 0.240 e. The Balaban J connectivity index is 2.25. The first kappa shape index (κ1) is 14.8. The van der Waals surface area contributed by atoms with Gasteiger partial charge >= 0.3 is 0 Å². The first-order chi connectivity index (χ1) is 9.47. The van der Waals surface area contributed by atoms with Gasteiger partial charge in [-0.15, -0.1) is 0 Å². The van der Waals surface area contributed by atoms with Crippen molar-refractivity contribution < 1.29 is 8.42 Å². The lowest BCUT2D eigenvalue weighted by Gasteiger charge is -2.16. The average molecular weight is 310 g/mol. The highest BCUT2D eigenvalue weighted by atomic mass is 35.5. The maximum atomic E-state index is 12.2. The smallest absolute Gasteiger partial charge is 0.207 e. The van der Waals surface area contributed by atoms with E-state index in [2.05, 4.69) is 10.8 Å². The predicted octanol–water partition coefficient (Wildman–Crippen LogP) is 2.18. The quantitative estimate of drug-likeness (QED) is 0.926. The van der Waals surface area contributed by atoms with Gasteiger partial charge in [-0.2, -0.15) is 10.5 Å². The summed E-state index contributed by atoms with van der Waals surface area (Å²) in [4.78, 5) is 0.00471. The Morgan fingerprint density at radius 3 is 2.65 bits per heavy atom. The number of nitrogens with zero attached hydrogens (tertiary/aromatic N) is 2. The topological polar surface area (TPSA) is 93.8 Å². The van der Waals surface area contributed by atoms with Gasteiger partial charge in [-0.25, -0.2) is 13.1 Å². The molecule has 1 aromatic carbocycles. The van der Waals surface area contributed by atoms with Crippen LogP contribution in [0, 0.1) is 28.6 Å². The molecule has 20 heavy (non-hydrogen) atoms. The third kappa shape index (κ3) is 2.94. The number of rotatable bonds is 3. The summed E-state index contributed by atoms with van der Waals surface area (Å²) >= 11 is 5.84. The molecule has 0 radical (unpaired) electrons. The second kappa shape index (κ2) is 5.80. The summed E-state index contributed by atoms with van der Waals surface area (Å²) in [6, 6.07) is 7.59. The van der Waals surface area contributed by atoms with Gasteiger partial charge in [-0.3, -0.25) is 0 Å². The predicted molar refractivity (Wildman–Crippen MR) is 73.2 cm³/mol. The zero-order chi connectivity index (χ0) is 14.8. The summed E-state index contributed by atoms with van der Waals surface area (Å²) in [6.45, 7) is 0. The molecule has 0 aliphatic heterocycles. The van der Waals surface area contributed by atoms with Crippen LogP contribution in [0.25, 0.3) is 0 Å². The summed E-state index contributed by atoms with van der Waals surface area (Å²) in [5, 5.41) is 17.8.